The molecule has 0 atom stereocenters. The van der Waals surface area contributed by atoms with Crippen molar-refractivity contribution in [1.29, 1.82) is 0 Å². The second-order valence-corrected chi connectivity index (χ2v) is 7.53. The van der Waals surface area contributed by atoms with E-state index in [4.69, 9.17) is 16.3 Å². The highest BCUT2D eigenvalue weighted by Gasteiger charge is 2.07. The number of benzene rings is 3. The molecule has 0 aromatic heterocycles. The Morgan fingerprint density at radius 3 is 2.48 bits per heavy atom. The fourth-order valence-corrected chi connectivity index (χ4v) is 3.34. The lowest BCUT2D eigenvalue weighted by atomic mass is 10.2. The molecule has 0 aliphatic carbocycles. The van der Waals surface area contributed by atoms with Gasteiger partial charge in [0, 0.05) is 26.9 Å². The van der Waals surface area contributed by atoms with E-state index in [0.29, 0.717) is 22.9 Å². The number of carbonyl (C=O) groups excluding carboxylic acids is 1. The molecule has 1 amide bonds. The van der Waals surface area contributed by atoms with E-state index in [1.807, 2.05) is 49.4 Å². The zero-order valence-corrected chi connectivity index (χ0v) is 16.5. The van der Waals surface area contributed by atoms with Crippen LogP contribution in [0.4, 0.5) is 5.69 Å². The number of hydrogen-bond acceptors (Lipinski definition) is 3. The molecule has 138 valence electrons. The molecule has 0 aliphatic rings. The number of anilines is 1. The van der Waals surface area contributed by atoms with E-state index in [9.17, 15) is 4.79 Å². The summed E-state index contributed by atoms with van der Waals surface area (Å²) in [6.45, 7) is 2.53. The van der Waals surface area contributed by atoms with E-state index in [0.717, 1.165) is 17.1 Å². The highest BCUT2D eigenvalue weighted by atomic mass is 35.5. The summed E-state index contributed by atoms with van der Waals surface area (Å²) < 4.78 is 5.74. The molecule has 0 aliphatic heterocycles. The molecule has 0 heterocycles. The van der Waals surface area contributed by atoms with Crippen LogP contribution in [0.1, 0.15) is 15.9 Å². The lowest BCUT2D eigenvalue weighted by Crippen LogP contribution is -2.11. The predicted octanol–water partition coefficient (Wildman–Crippen LogP) is 6.07. The number of thioether (sulfide) groups is 1. The van der Waals surface area contributed by atoms with Gasteiger partial charge in [0.25, 0.3) is 5.91 Å². The van der Waals surface area contributed by atoms with Crippen LogP contribution in [0.15, 0.2) is 77.7 Å². The van der Waals surface area contributed by atoms with Gasteiger partial charge in [0.05, 0.1) is 6.61 Å². The average Bonchev–Trinajstić information content (AvgIpc) is 2.69. The fraction of sp³-hybridized carbons (Fsp3) is 0.136. The van der Waals surface area contributed by atoms with Crippen molar-refractivity contribution < 1.29 is 9.53 Å². The van der Waals surface area contributed by atoms with E-state index in [1.165, 1.54) is 4.90 Å². The van der Waals surface area contributed by atoms with Crippen LogP contribution < -0.4 is 10.1 Å². The number of carbonyl (C=O) groups is 1. The van der Waals surface area contributed by atoms with Crippen LogP contribution in [0, 0.1) is 6.92 Å². The Bertz CT molecular complexity index is 898. The molecule has 0 unspecified atom stereocenters. The summed E-state index contributed by atoms with van der Waals surface area (Å²) in [6, 6.07) is 22.8. The third kappa shape index (κ3) is 5.78. The molecule has 1 N–H and O–H groups in total. The van der Waals surface area contributed by atoms with Gasteiger partial charge in [-0.3, -0.25) is 4.79 Å². The maximum atomic E-state index is 12.3. The highest BCUT2D eigenvalue weighted by Crippen LogP contribution is 2.21. The van der Waals surface area contributed by atoms with Crippen LogP contribution in [0.5, 0.6) is 5.75 Å². The van der Waals surface area contributed by atoms with Crippen molar-refractivity contribution in [3.8, 4) is 5.75 Å². The van der Waals surface area contributed by atoms with Crippen LogP contribution in [0.2, 0.25) is 5.02 Å². The molecule has 0 fully saturated rings. The second-order valence-electron chi connectivity index (χ2n) is 5.95. The topological polar surface area (TPSA) is 38.3 Å². The van der Waals surface area contributed by atoms with Gasteiger partial charge in [-0.15, -0.1) is 11.8 Å². The van der Waals surface area contributed by atoms with Crippen LogP contribution >= 0.6 is 23.4 Å². The van der Waals surface area contributed by atoms with Gasteiger partial charge in [0.1, 0.15) is 5.75 Å². The van der Waals surface area contributed by atoms with E-state index < -0.39 is 0 Å². The average molecular weight is 398 g/mol. The minimum atomic E-state index is -0.180. The van der Waals surface area contributed by atoms with Crippen LogP contribution in [0.3, 0.4) is 0 Å². The van der Waals surface area contributed by atoms with E-state index in [2.05, 4.69) is 17.4 Å². The summed E-state index contributed by atoms with van der Waals surface area (Å²) in [5.41, 5.74) is 2.22. The van der Waals surface area contributed by atoms with Crippen molar-refractivity contribution in [3.63, 3.8) is 0 Å². The number of ether oxygens (including phenoxy) is 1. The van der Waals surface area contributed by atoms with Crippen molar-refractivity contribution in [2.45, 2.75) is 11.8 Å². The number of halogens is 1. The number of nitrogens with one attached hydrogen (secondary N) is 1. The summed E-state index contributed by atoms with van der Waals surface area (Å²) in [5.74, 6) is 1.43. The standard InChI is InChI=1S/C22H20ClNO2S/c1-16-7-10-18(15-21(16)23)24-22(25)17-8-11-19(12-9-17)26-13-14-27-20-5-3-2-4-6-20/h2-12,15H,13-14H2,1H3,(H,24,25). The monoisotopic (exact) mass is 397 g/mol. The summed E-state index contributed by atoms with van der Waals surface area (Å²) in [6.07, 6.45) is 0. The zero-order valence-electron chi connectivity index (χ0n) is 14.9. The Morgan fingerprint density at radius 2 is 1.78 bits per heavy atom. The zero-order chi connectivity index (χ0) is 19.1. The maximum Gasteiger partial charge on any atom is 0.255 e. The van der Waals surface area contributed by atoms with Gasteiger partial charge in [-0.1, -0.05) is 35.9 Å². The normalized spacial score (nSPS) is 10.4. The fourth-order valence-electron chi connectivity index (χ4n) is 2.41. The Kier molecular flexibility index (Phi) is 6.80. The van der Waals surface area contributed by atoms with E-state index in [1.54, 1.807) is 30.0 Å². The van der Waals surface area contributed by atoms with Gasteiger partial charge in [-0.05, 0) is 61.0 Å². The molecule has 0 radical (unpaired) electrons. The second kappa shape index (κ2) is 9.49. The maximum absolute atomic E-state index is 12.3. The van der Waals surface area contributed by atoms with E-state index >= 15 is 0 Å². The summed E-state index contributed by atoms with van der Waals surface area (Å²) in [4.78, 5) is 13.6. The molecule has 5 heteroatoms. The number of rotatable bonds is 7. The minimum Gasteiger partial charge on any atom is -0.493 e. The molecule has 27 heavy (non-hydrogen) atoms. The van der Waals surface area contributed by atoms with Crippen LogP contribution in [-0.4, -0.2) is 18.3 Å². The van der Waals surface area contributed by atoms with Crippen LogP contribution in [0.25, 0.3) is 0 Å². The third-order valence-electron chi connectivity index (χ3n) is 3.91. The van der Waals surface area contributed by atoms with Crippen LogP contribution in [-0.2, 0) is 0 Å². The molecular formula is C22H20ClNO2S. The molecule has 3 rings (SSSR count). The van der Waals surface area contributed by atoms with Crippen molar-refractivity contribution in [2.24, 2.45) is 0 Å². The first-order valence-electron chi connectivity index (χ1n) is 8.60. The smallest absolute Gasteiger partial charge is 0.255 e. The van der Waals surface area contributed by atoms with Crippen molar-refractivity contribution in [1.82, 2.24) is 0 Å². The van der Waals surface area contributed by atoms with E-state index in [-0.39, 0.29) is 5.91 Å². The lowest BCUT2D eigenvalue weighted by molar-refractivity contribution is 0.102. The molecule has 0 saturated carbocycles. The molecule has 0 saturated heterocycles. The summed E-state index contributed by atoms with van der Waals surface area (Å²) in [5, 5.41) is 3.48. The molecular weight excluding hydrogens is 378 g/mol. The van der Waals surface area contributed by atoms with Gasteiger partial charge in [0.2, 0.25) is 0 Å². The first-order valence-corrected chi connectivity index (χ1v) is 9.96. The van der Waals surface area contributed by atoms with Gasteiger partial charge < -0.3 is 10.1 Å². The lowest BCUT2D eigenvalue weighted by Gasteiger charge is -2.09. The number of aryl methyl sites for hydroxylation is 1. The Balaban J connectivity index is 1.49. The quantitative estimate of drug-likeness (QED) is 0.388. The minimum absolute atomic E-state index is 0.180. The predicted molar refractivity (Wildman–Crippen MR) is 113 cm³/mol. The van der Waals surface area contributed by atoms with Gasteiger partial charge in [-0.2, -0.15) is 0 Å². The SMILES string of the molecule is Cc1ccc(NC(=O)c2ccc(OCCSc3ccccc3)cc2)cc1Cl. The number of hydrogen-bond donors (Lipinski definition) is 1. The van der Waals surface area contributed by atoms with Crippen molar-refractivity contribution in [3.05, 3.63) is 88.9 Å². The Labute approximate surface area is 168 Å². The third-order valence-corrected chi connectivity index (χ3v) is 5.29. The molecule has 3 aromatic carbocycles. The van der Waals surface area contributed by atoms with Gasteiger partial charge in [-0.25, -0.2) is 0 Å². The first-order chi connectivity index (χ1) is 13.1. The Hall–Kier alpha value is -2.43. The summed E-state index contributed by atoms with van der Waals surface area (Å²) >= 11 is 7.85. The summed E-state index contributed by atoms with van der Waals surface area (Å²) in [7, 11) is 0. The molecule has 3 aromatic rings. The largest absolute Gasteiger partial charge is 0.493 e. The van der Waals surface area contributed by atoms with Crippen molar-refractivity contribution in [2.75, 3.05) is 17.7 Å². The first kappa shape index (κ1) is 19.3. The van der Waals surface area contributed by atoms with Crippen molar-refractivity contribution >= 4 is 35.0 Å². The Morgan fingerprint density at radius 1 is 1.04 bits per heavy atom. The highest BCUT2D eigenvalue weighted by molar-refractivity contribution is 7.99. The number of amides is 1. The molecule has 0 bridgehead atoms. The molecule has 3 nitrogen and oxygen atoms in total. The van der Waals surface area contributed by atoms with Gasteiger partial charge >= 0.3 is 0 Å². The molecule has 0 spiro atoms. The van der Waals surface area contributed by atoms with Gasteiger partial charge in [0.15, 0.2) is 0 Å².